The molecule has 0 aliphatic rings. The van der Waals surface area contributed by atoms with Crippen LogP contribution in [0.15, 0.2) is 97.6 Å². The third-order valence-electron chi connectivity index (χ3n) is 5.10. The molecule has 1 amide bonds. The number of nitrogens with one attached hydrogen (secondary N) is 3. The fraction of sp³-hybridized carbons (Fsp3) is 0.0357. The number of pyridine rings is 3. The second kappa shape index (κ2) is 11.7. The van der Waals surface area contributed by atoms with Crippen molar-refractivity contribution in [3.05, 3.63) is 109 Å². The van der Waals surface area contributed by atoms with E-state index >= 15 is 0 Å². The van der Waals surface area contributed by atoms with Crippen LogP contribution in [0.25, 0.3) is 10.9 Å². The first-order valence-corrected chi connectivity index (χ1v) is 11.1. The van der Waals surface area contributed by atoms with Gasteiger partial charge in [0.2, 0.25) is 6.41 Å². The van der Waals surface area contributed by atoms with Gasteiger partial charge in [-0.1, -0.05) is 12.1 Å². The van der Waals surface area contributed by atoms with Crippen LogP contribution in [0.4, 0.5) is 28.6 Å². The summed E-state index contributed by atoms with van der Waals surface area (Å²) in [6.07, 6.45) is 7.39. The van der Waals surface area contributed by atoms with Crippen LogP contribution in [0.1, 0.15) is 11.1 Å². The van der Waals surface area contributed by atoms with E-state index in [4.69, 9.17) is 5.26 Å². The van der Waals surface area contributed by atoms with Gasteiger partial charge in [-0.25, -0.2) is 4.98 Å². The van der Waals surface area contributed by atoms with Crippen LogP contribution in [0.2, 0.25) is 0 Å². The molecule has 3 aromatic heterocycles. The lowest BCUT2D eigenvalue weighted by molar-refractivity contribution is -0.105. The van der Waals surface area contributed by atoms with Crippen molar-refractivity contribution >= 4 is 45.9 Å². The van der Waals surface area contributed by atoms with Gasteiger partial charge >= 0.3 is 0 Å². The Bertz CT molecular complexity index is 1510. The van der Waals surface area contributed by atoms with Crippen LogP contribution in [0.5, 0.6) is 0 Å². The number of carbonyl (C=O) groups is 1. The van der Waals surface area contributed by atoms with Crippen molar-refractivity contribution in [3.63, 3.8) is 0 Å². The number of nitriles is 1. The van der Waals surface area contributed by atoms with E-state index in [1.807, 2.05) is 48.5 Å². The van der Waals surface area contributed by atoms with Gasteiger partial charge in [0, 0.05) is 59.0 Å². The lowest BCUT2D eigenvalue weighted by Crippen LogP contribution is -1.98. The van der Waals surface area contributed by atoms with E-state index in [9.17, 15) is 4.79 Å². The van der Waals surface area contributed by atoms with E-state index in [1.165, 1.54) is 5.56 Å². The molecule has 0 radical (unpaired) electrons. The molecule has 0 atom stereocenters. The highest BCUT2D eigenvalue weighted by Gasteiger charge is 2.04. The van der Waals surface area contributed by atoms with Crippen LogP contribution in [-0.2, 0) is 4.79 Å². The molecule has 8 heteroatoms. The molecule has 0 fully saturated rings. The van der Waals surface area contributed by atoms with Crippen LogP contribution in [-0.4, -0.2) is 21.4 Å². The summed E-state index contributed by atoms with van der Waals surface area (Å²) >= 11 is 0. The molecule has 0 aliphatic heterocycles. The Morgan fingerprint density at radius 2 is 1.58 bits per heavy atom. The third-order valence-corrected chi connectivity index (χ3v) is 5.10. The third kappa shape index (κ3) is 6.40. The molecule has 176 valence electrons. The first kappa shape index (κ1) is 23.9. The number of hydrogen-bond donors (Lipinski definition) is 3. The number of anilines is 5. The molecule has 8 nitrogen and oxygen atoms in total. The number of rotatable bonds is 6. The molecular formula is C28H23N7O. The minimum Gasteiger partial charge on any atom is -0.355 e. The number of fused-ring (bicyclic) bond motifs is 1. The Morgan fingerprint density at radius 1 is 0.806 bits per heavy atom. The topological polar surface area (TPSA) is 116 Å². The molecule has 3 heterocycles. The van der Waals surface area contributed by atoms with E-state index in [0.717, 1.165) is 33.7 Å². The summed E-state index contributed by atoms with van der Waals surface area (Å²) in [6.45, 7) is 2.06. The fourth-order valence-electron chi connectivity index (χ4n) is 3.45. The molecule has 0 saturated heterocycles. The zero-order valence-corrected chi connectivity index (χ0v) is 19.5. The zero-order valence-electron chi connectivity index (χ0n) is 19.5. The Morgan fingerprint density at radius 3 is 2.36 bits per heavy atom. The molecule has 2 aromatic carbocycles. The standard InChI is InChI=1S/C17H13N3.C11H10N4O/c1-12-3-2-4-14(9-12)20-17-7-8-19-16-6-5-13(11-18)10-15(16)17;16-8-14-11-7-10(3-6-13-11)15-9-1-4-12-5-2-9/h2-10H,1H3,(H,19,20);1-8H,(H2,12,13,14,15,16). The van der Waals surface area contributed by atoms with Gasteiger partial charge in [-0.2, -0.15) is 5.26 Å². The predicted molar refractivity (Wildman–Crippen MR) is 142 cm³/mol. The monoisotopic (exact) mass is 473 g/mol. The van der Waals surface area contributed by atoms with Crippen molar-refractivity contribution in [2.75, 3.05) is 16.0 Å². The van der Waals surface area contributed by atoms with E-state index in [-0.39, 0.29) is 0 Å². The van der Waals surface area contributed by atoms with Crippen molar-refractivity contribution < 1.29 is 4.79 Å². The van der Waals surface area contributed by atoms with E-state index in [0.29, 0.717) is 17.8 Å². The van der Waals surface area contributed by atoms with Crippen LogP contribution >= 0.6 is 0 Å². The maximum atomic E-state index is 10.3. The SMILES string of the molecule is Cc1cccc(Nc2ccnc3ccc(C#N)cc23)c1.O=CNc1cc(Nc2ccncc2)ccn1. The molecule has 3 N–H and O–H groups in total. The number of aromatic nitrogens is 3. The minimum absolute atomic E-state index is 0.508. The summed E-state index contributed by atoms with van der Waals surface area (Å²) in [5.41, 5.74) is 6.48. The van der Waals surface area contributed by atoms with Crippen LogP contribution < -0.4 is 16.0 Å². The number of benzene rings is 2. The molecular weight excluding hydrogens is 450 g/mol. The van der Waals surface area contributed by atoms with Gasteiger partial charge in [-0.3, -0.25) is 14.8 Å². The lowest BCUT2D eigenvalue weighted by atomic mass is 10.1. The second-order valence-corrected chi connectivity index (χ2v) is 7.75. The first-order valence-electron chi connectivity index (χ1n) is 11.1. The predicted octanol–water partition coefficient (Wildman–Crippen LogP) is 5.95. The number of carbonyl (C=O) groups excluding carboxylic acids is 1. The summed E-state index contributed by atoms with van der Waals surface area (Å²) < 4.78 is 0. The number of hydrogen-bond acceptors (Lipinski definition) is 7. The van der Waals surface area contributed by atoms with Gasteiger partial charge in [0.25, 0.3) is 0 Å². The smallest absolute Gasteiger partial charge is 0.212 e. The van der Waals surface area contributed by atoms with Crippen molar-refractivity contribution in [2.24, 2.45) is 0 Å². The van der Waals surface area contributed by atoms with Gasteiger partial charge in [0.05, 0.1) is 17.1 Å². The highest BCUT2D eigenvalue weighted by atomic mass is 16.1. The zero-order chi connectivity index (χ0) is 25.2. The van der Waals surface area contributed by atoms with Crippen molar-refractivity contribution in [1.29, 1.82) is 5.26 Å². The van der Waals surface area contributed by atoms with E-state index in [1.54, 1.807) is 36.9 Å². The summed E-state index contributed by atoms with van der Waals surface area (Å²) in [5, 5.41) is 19.0. The van der Waals surface area contributed by atoms with E-state index < -0.39 is 0 Å². The molecule has 0 aliphatic carbocycles. The highest BCUT2D eigenvalue weighted by molar-refractivity contribution is 5.93. The summed E-state index contributed by atoms with van der Waals surface area (Å²) in [5.74, 6) is 0.508. The van der Waals surface area contributed by atoms with Crippen molar-refractivity contribution in [2.45, 2.75) is 6.92 Å². The average Bonchev–Trinajstić information content (AvgIpc) is 2.90. The van der Waals surface area contributed by atoms with Gasteiger partial charge in [0.15, 0.2) is 0 Å². The number of nitrogens with zero attached hydrogens (tertiary/aromatic N) is 4. The van der Waals surface area contributed by atoms with Crippen LogP contribution in [0, 0.1) is 18.3 Å². The Hall–Kier alpha value is -5.29. The van der Waals surface area contributed by atoms with E-state index in [2.05, 4.69) is 56.0 Å². The summed E-state index contributed by atoms with van der Waals surface area (Å²) in [4.78, 5) is 22.5. The molecule has 5 rings (SSSR count). The quantitative estimate of drug-likeness (QED) is 0.261. The molecule has 36 heavy (non-hydrogen) atoms. The normalized spacial score (nSPS) is 9.89. The largest absolute Gasteiger partial charge is 0.355 e. The van der Waals surface area contributed by atoms with Gasteiger partial charge < -0.3 is 16.0 Å². The fourth-order valence-corrected chi connectivity index (χ4v) is 3.45. The Labute approximate surface area is 208 Å². The average molecular weight is 474 g/mol. The molecule has 0 saturated carbocycles. The molecule has 5 aromatic rings. The summed E-state index contributed by atoms with van der Waals surface area (Å²) in [7, 11) is 0. The molecule has 0 unspecified atom stereocenters. The number of aryl methyl sites for hydroxylation is 1. The Balaban J connectivity index is 0.000000174. The number of amides is 1. The van der Waals surface area contributed by atoms with Gasteiger partial charge in [-0.15, -0.1) is 0 Å². The maximum absolute atomic E-state index is 10.3. The Kier molecular flexibility index (Phi) is 7.77. The maximum Gasteiger partial charge on any atom is 0.212 e. The molecule has 0 spiro atoms. The highest BCUT2D eigenvalue weighted by Crippen LogP contribution is 2.26. The minimum atomic E-state index is 0.508. The van der Waals surface area contributed by atoms with Gasteiger partial charge in [-0.05, 0) is 67.1 Å². The molecule has 0 bridgehead atoms. The summed E-state index contributed by atoms with van der Waals surface area (Å²) in [6, 6.07) is 25.1. The van der Waals surface area contributed by atoms with Crippen molar-refractivity contribution in [3.8, 4) is 6.07 Å². The first-order chi connectivity index (χ1) is 17.6. The second-order valence-electron chi connectivity index (χ2n) is 7.75. The lowest BCUT2D eigenvalue weighted by Gasteiger charge is -2.10. The van der Waals surface area contributed by atoms with Crippen LogP contribution in [0.3, 0.4) is 0 Å². The van der Waals surface area contributed by atoms with Crippen molar-refractivity contribution in [1.82, 2.24) is 15.0 Å². The van der Waals surface area contributed by atoms with Gasteiger partial charge in [0.1, 0.15) is 5.82 Å².